The van der Waals surface area contributed by atoms with Gasteiger partial charge in [0.25, 0.3) is 0 Å². The molecule has 0 aromatic heterocycles. The Labute approximate surface area is 115 Å². The van der Waals surface area contributed by atoms with Crippen LogP contribution < -0.4 is 10.1 Å². The first-order valence-corrected chi connectivity index (χ1v) is 7.32. The van der Waals surface area contributed by atoms with Gasteiger partial charge in [0.1, 0.15) is 5.75 Å². The summed E-state index contributed by atoms with van der Waals surface area (Å²) in [6, 6.07) is 6.72. The van der Waals surface area contributed by atoms with Crippen molar-refractivity contribution in [3.8, 4) is 5.75 Å². The number of aryl methyl sites for hydroxylation is 1. The van der Waals surface area contributed by atoms with Crippen molar-refractivity contribution >= 4 is 0 Å². The Morgan fingerprint density at radius 1 is 1.26 bits per heavy atom. The molecule has 1 N–H and O–H groups in total. The molecular formula is C16H24N2O. The number of hydrogen-bond acceptors (Lipinski definition) is 3. The number of piperazine rings is 1. The van der Waals surface area contributed by atoms with Crippen molar-refractivity contribution in [1.29, 1.82) is 0 Å². The number of nitrogens with zero attached hydrogens (tertiary/aromatic N) is 1. The fourth-order valence-corrected chi connectivity index (χ4v) is 3.19. The molecule has 3 rings (SSSR count). The van der Waals surface area contributed by atoms with Crippen LogP contribution in [0.1, 0.15) is 24.0 Å². The summed E-state index contributed by atoms with van der Waals surface area (Å²) in [5, 5.41) is 3.43. The third kappa shape index (κ3) is 2.63. The second-order valence-electron chi connectivity index (χ2n) is 5.99. The smallest absolute Gasteiger partial charge is 0.121 e. The van der Waals surface area contributed by atoms with Crippen molar-refractivity contribution in [2.45, 2.75) is 25.2 Å². The van der Waals surface area contributed by atoms with E-state index in [-0.39, 0.29) is 0 Å². The normalized spacial score (nSPS) is 22.2. The Balaban J connectivity index is 1.74. The van der Waals surface area contributed by atoms with Crippen molar-refractivity contribution in [2.75, 3.05) is 39.8 Å². The van der Waals surface area contributed by atoms with Crippen molar-refractivity contribution in [3.63, 3.8) is 0 Å². The molecule has 3 nitrogen and oxygen atoms in total. The Morgan fingerprint density at radius 3 is 2.58 bits per heavy atom. The molecule has 0 amide bonds. The lowest BCUT2D eigenvalue weighted by Crippen LogP contribution is -2.46. The average Bonchev–Trinajstić information content (AvgIpc) is 3.21. The number of nitrogens with one attached hydrogen (secondary N) is 1. The van der Waals surface area contributed by atoms with Gasteiger partial charge in [-0.15, -0.1) is 0 Å². The van der Waals surface area contributed by atoms with E-state index in [0.29, 0.717) is 5.41 Å². The summed E-state index contributed by atoms with van der Waals surface area (Å²) in [5.74, 6) is 1.00. The van der Waals surface area contributed by atoms with Crippen molar-refractivity contribution in [2.24, 2.45) is 0 Å². The van der Waals surface area contributed by atoms with Gasteiger partial charge in [0, 0.05) is 38.1 Å². The second kappa shape index (κ2) is 5.14. The molecule has 2 aliphatic rings. The van der Waals surface area contributed by atoms with Crippen LogP contribution in [0.2, 0.25) is 0 Å². The van der Waals surface area contributed by atoms with Gasteiger partial charge in [-0.2, -0.15) is 0 Å². The fourth-order valence-electron chi connectivity index (χ4n) is 3.19. The first-order valence-electron chi connectivity index (χ1n) is 7.32. The molecule has 1 aromatic rings. The quantitative estimate of drug-likeness (QED) is 0.895. The van der Waals surface area contributed by atoms with Gasteiger partial charge < -0.3 is 10.1 Å². The number of rotatable bonds is 4. The van der Waals surface area contributed by atoms with E-state index in [2.05, 4.69) is 35.3 Å². The molecule has 0 atom stereocenters. The minimum Gasteiger partial charge on any atom is -0.496 e. The molecule has 19 heavy (non-hydrogen) atoms. The maximum absolute atomic E-state index is 5.36. The standard InChI is InChI=1S/C16H24N2O/c1-13-11-14(3-4-15(13)19-2)16(5-6-16)12-18-9-7-17-8-10-18/h3-4,11,17H,5-10,12H2,1-2H3. The highest BCUT2D eigenvalue weighted by Gasteiger charge is 2.45. The van der Waals surface area contributed by atoms with E-state index in [9.17, 15) is 0 Å². The Morgan fingerprint density at radius 2 is 2.00 bits per heavy atom. The van der Waals surface area contributed by atoms with Crippen LogP contribution in [0.4, 0.5) is 0 Å². The van der Waals surface area contributed by atoms with Crippen LogP contribution in [-0.4, -0.2) is 44.7 Å². The van der Waals surface area contributed by atoms with E-state index in [1.807, 2.05) is 0 Å². The molecule has 0 radical (unpaired) electrons. The summed E-state index contributed by atoms with van der Waals surface area (Å²) in [6.07, 6.45) is 2.67. The first kappa shape index (κ1) is 12.9. The van der Waals surface area contributed by atoms with E-state index in [0.717, 1.165) is 18.8 Å². The topological polar surface area (TPSA) is 24.5 Å². The lowest BCUT2D eigenvalue weighted by Gasteiger charge is -2.31. The zero-order chi connectivity index (χ0) is 13.3. The minimum atomic E-state index is 0.425. The highest BCUT2D eigenvalue weighted by molar-refractivity contribution is 5.42. The maximum atomic E-state index is 5.36. The molecule has 0 spiro atoms. The molecule has 3 heteroatoms. The van der Waals surface area contributed by atoms with Gasteiger partial charge in [0.2, 0.25) is 0 Å². The second-order valence-corrected chi connectivity index (χ2v) is 5.99. The molecule has 1 saturated carbocycles. The van der Waals surface area contributed by atoms with Gasteiger partial charge in [-0.3, -0.25) is 4.90 Å². The van der Waals surface area contributed by atoms with E-state index in [4.69, 9.17) is 4.74 Å². The molecule has 1 aliphatic carbocycles. The lowest BCUT2D eigenvalue weighted by atomic mass is 9.93. The third-order valence-corrected chi connectivity index (χ3v) is 4.60. The number of benzene rings is 1. The summed E-state index contributed by atoms with van der Waals surface area (Å²) in [5.41, 5.74) is 3.19. The van der Waals surface area contributed by atoms with E-state index in [1.165, 1.54) is 43.6 Å². The zero-order valence-electron chi connectivity index (χ0n) is 12.0. The number of methoxy groups -OCH3 is 1. The van der Waals surface area contributed by atoms with Gasteiger partial charge >= 0.3 is 0 Å². The predicted octanol–water partition coefficient (Wildman–Crippen LogP) is 1.94. The fraction of sp³-hybridized carbons (Fsp3) is 0.625. The largest absolute Gasteiger partial charge is 0.496 e. The Hall–Kier alpha value is -1.06. The van der Waals surface area contributed by atoms with Crippen LogP contribution in [0.15, 0.2) is 18.2 Å². The molecule has 1 heterocycles. The molecule has 1 saturated heterocycles. The van der Waals surface area contributed by atoms with Crippen molar-refractivity contribution in [1.82, 2.24) is 10.2 Å². The zero-order valence-corrected chi connectivity index (χ0v) is 12.0. The lowest BCUT2D eigenvalue weighted by molar-refractivity contribution is 0.221. The predicted molar refractivity (Wildman–Crippen MR) is 78.0 cm³/mol. The van der Waals surface area contributed by atoms with Gasteiger partial charge in [0.15, 0.2) is 0 Å². The van der Waals surface area contributed by atoms with Gasteiger partial charge in [0.05, 0.1) is 7.11 Å². The van der Waals surface area contributed by atoms with Gasteiger partial charge in [-0.05, 0) is 37.0 Å². The van der Waals surface area contributed by atoms with Crippen LogP contribution in [0.3, 0.4) is 0 Å². The van der Waals surface area contributed by atoms with E-state index >= 15 is 0 Å². The van der Waals surface area contributed by atoms with Crippen LogP contribution in [0, 0.1) is 6.92 Å². The average molecular weight is 260 g/mol. The van der Waals surface area contributed by atoms with E-state index < -0.39 is 0 Å². The number of hydrogen-bond donors (Lipinski definition) is 1. The Bertz CT molecular complexity index is 448. The molecule has 2 fully saturated rings. The maximum Gasteiger partial charge on any atom is 0.121 e. The van der Waals surface area contributed by atoms with Crippen molar-refractivity contribution < 1.29 is 4.74 Å². The molecule has 1 aromatic carbocycles. The van der Waals surface area contributed by atoms with Gasteiger partial charge in [-0.1, -0.05) is 12.1 Å². The van der Waals surface area contributed by atoms with Crippen molar-refractivity contribution in [3.05, 3.63) is 29.3 Å². The minimum absolute atomic E-state index is 0.425. The Kier molecular flexibility index (Phi) is 3.50. The van der Waals surface area contributed by atoms with Crippen LogP contribution >= 0.6 is 0 Å². The summed E-state index contributed by atoms with van der Waals surface area (Å²) in [7, 11) is 1.75. The van der Waals surface area contributed by atoms with Crippen LogP contribution in [0.5, 0.6) is 5.75 Å². The number of ether oxygens (including phenoxy) is 1. The first-order chi connectivity index (χ1) is 9.23. The summed E-state index contributed by atoms with van der Waals surface area (Å²) in [6.45, 7) is 8.02. The van der Waals surface area contributed by atoms with E-state index in [1.54, 1.807) is 7.11 Å². The highest BCUT2D eigenvalue weighted by Crippen LogP contribution is 2.49. The monoisotopic (exact) mass is 260 g/mol. The van der Waals surface area contributed by atoms with Crippen LogP contribution in [0.25, 0.3) is 0 Å². The summed E-state index contributed by atoms with van der Waals surface area (Å²) < 4.78 is 5.36. The highest BCUT2D eigenvalue weighted by atomic mass is 16.5. The molecule has 0 unspecified atom stereocenters. The molecule has 0 bridgehead atoms. The summed E-state index contributed by atoms with van der Waals surface area (Å²) in [4.78, 5) is 2.61. The van der Waals surface area contributed by atoms with Gasteiger partial charge in [-0.25, -0.2) is 0 Å². The third-order valence-electron chi connectivity index (χ3n) is 4.60. The van der Waals surface area contributed by atoms with Crippen LogP contribution in [-0.2, 0) is 5.41 Å². The summed E-state index contributed by atoms with van der Waals surface area (Å²) >= 11 is 0. The SMILES string of the molecule is COc1ccc(C2(CN3CCNCC3)CC2)cc1C. The molecule has 104 valence electrons. The molecular weight excluding hydrogens is 236 g/mol. The molecule has 1 aliphatic heterocycles.